The Labute approximate surface area is 224 Å². The van der Waals surface area contributed by atoms with Crippen molar-refractivity contribution >= 4 is 29.3 Å². The number of fused-ring (bicyclic) bond motifs is 2. The van der Waals surface area contributed by atoms with E-state index in [0.717, 1.165) is 47.9 Å². The smallest absolute Gasteiger partial charge is 0.350 e. The molecule has 1 saturated heterocycles. The van der Waals surface area contributed by atoms with E-state index in [4.69, 9.17) is 0 Å². The summed E-state index contributed by atoms with van der Waals surface area (Å²) in [4.78, 5) is 32.3. The first-order chi connectivity index (χ1) is 18.2. The lowest BCUT2D eigenvalue weighted by Gasteiger charge is -2.25. The van der Waals surface area contributed by atoms with Crippen molar-refractivity contribution in [1.29, 1.82) is 0 Å². The molecule has 1 fully saturated rings. The van der Waals surface area contributed by atoms with Gasteiger partial charge in [-0.15, -0.1) is 0 Å². The van der Waals surface area contributed by atoms with Crippen molar-refractivity contribution in [3.05, 3.63) is 89.0 Å². The van der Waals surface area contributed by atoms with E-state index in [1.54, 1.807) is 29.2 Å². The molecule has 2 heterocycles. The third kappa shape index (κ3) is 5.44. The first-order valence-electron chi connectivity index (χ1n) is 12.7. The molecule has 2 amide bonds. The monoisotopic (exact) mass is 539 g/mol. The predicted octanol–water partition coefficient (Wildman–Crippen LogP) is 6.23. The minimum absolute atomic E-state index is 0.0669. The second-order valence-electron chi connectivity index (χ2n) is 9.50. The lowest BCUT2D eigenvalue weighted by atomic mass is 10.1. The Kier molecular flexibility index (Phi) is 7.49. The summed E-state index contributed by atoms with van der Waals surface area (Å²) >= 11 is 1.44. The van der Waals surface area contributed by atoms with E-state index in [1.807, 2.05) is 18.2 Å². The maximum absolute atomic E-state index is 13.7. The summed E-state index contributed by atoms with van der Waals surface area (Å²) in [5.74, 6) is -0.488. The first-order valence-corrected chi connectivity index (χ1v) is 13.5. The minimum Gasteiger partial charge on any atom is -0.350 e. The van der Waals surface area contributed by atoms with Crippen LogP contribution in [0.15, 0.2) is 76.5 Å². The molecule has 3 aromatic rings. The van der Waals surface area contributed by atoms with Gasteiger partial charge in [0.25, 0.3) is 11.8 Å². The fourth-order valence-electron chi connectivity index (χ4n) is 5.06. The number of carbonyl (C=O) groups excluding carboxylic acids is 2. The molecule has 5 rings (SSSR count). The van der Waals surface area contributed by atoms with Gasteiger partial charge in [0, 0.05) is 27.9 Å². The predicted molar refractivity (Wildman–Crippen MR) is 142 cm³/mol. The molecule has 0 unspecified atom stereocenters. The van der Waals surface area contributed by atoms with Gasteiger partial charge in [-0.2, -0.15) is 13.2 Å². The van der Waals surface area contributed by atoms with Crippen LogP contribution >= 0.6 is 11.8 Å². The number of nitrogens with zero attached hydrogens (tertiary/aromatic N) is 2. The highest BCUT2D eigenvalue weighted by atomic mass is 32.2. The molecule has 3 aromatic carbocycles. The van der Waals surface area contributed by atoms with Gasteiger partial charge >= 0.3 is 6.18 Å². The molecule has 0 aromatic heterocycles. The molecule has 198 valence electrons. The molecule has 5 nitrogen and oxygen atoms in total. The Balaban J connectivity index is 1.45. The number of alkyl halides is 3. The van der Waals surface area contributed by atoms with Crippen LogP contribution < -0.4 is 10.2 Å². The molecule has 9 heteroatoms. The van der Waals surface area contributed by atoms with Crippen molar-refractivity contribution in [2.24, 2.45) is 0 Å². The van der Waals surface area contributed by atoms with E-state index in [-0.39, 0.29) is 18.4 Å². The van der Waals surface area contributed by atoms with Crippen molar-refractivity contribution in [1.82, 2.24) is 10.2 Å². The lowest BCUT2D eigenvalue weighted by Crippen LogP contribution is -2.40. The van der Waals surface area contributed by atoms with Gasteiger partial charge in [0.05, 0.1) is 23.4 Å². The molecule has 0 spiro atoms. The van der Waals surface area contributed by atoms with Gasteiger partial charge in [-0.3, -0.25) is 14.5 Å². The zero-order valence-electron chi connectivity index (χ0n) is 20.9. The number of hydrogen-bond donors (Lipinski definition) is 1. The van der Waals surface area contributed by atoms with Gasteiger partial charge < -0.3 is 10.2 Å². The summed E-state index contributed by atoms with van der Waals surface area (Å²) in [6.07, 6.45) is -2.28. The highest BCUT2D eigenvalue weighted by molar-refractivity contribution is 7.99. The van der Waals surface area contributed by atoms with Crippen molar-refractivity contribution in [2.45, 2.75) is 48.3 Å². The molecule has 0 bridgehead atoms. The van der Waals surface area contributed by atoms with Crippen LogP contribution in [0, 0.1) is 0 Å². The van der Waals surface area contributed by atoms with Crippen LogP contribution in [0.25, 0.3) is 0 Å². The van der Waals surface area contributed by atoms with E-state index < -0.39 is 11.7 Å². The third-order valence-electron chi connectivity index (χ3n) is 7.12. The van der Waals surface area contributed by atoms with E-state index in [1.165, 1.54) is 23.9 Å². The summed E-state index contributed by atoms with van der Waals surface area (Å²) in [5.41, 5.74) is 1.30. The fraction of sp³-hybridized carbons (Fsp3) is 0.310. The Morgan fingerprint density at radius 3 is 2.55 bits per heavy atom. The number of likely N-dealkylation sites (N-methyl/N-ethyl adjacent to an activating group) is 1. The minimum atomic E-state index is -4.44. The Morgan fingerprint density at radius 2 is 1.82 bits per heavy atom. The normalized spacial score (nSPS) is 17.6. The number of carbonyl (C=O) groups is 2. The van der Waals surface area contributed by atoms with Crippen LogP contribution in [0.5, 0.6) is 0 Å². The van der Waals surface area contributed by atoms with Gasteiger partial charge in [0.1, 0.15) is 0 Å². The number of anilines is 1. The largest absolute Gasteiger partial charge is 0.416 e. The van der Waals surface area contributed by atoms with Crippen LogP contribution in [0.4, 0.5) is 18.9 Å². The molecule has 38 heavy (non-hydrogen) atoms. The highest BCUT2D eigenvalue weighted by Gasteiger charge is 2.31. The third-order valence-corrected chi connectivity index (χ3v) is 8.26. The van der Waals surface area contributed by atoms with Crippen LogP contribution in [-0.2, 0) is 12.7 Å². The maximum atomic E-state index is 13.7. The number of halogens is 3. The fourth-order valence-corrected chi connectivity index (χ4v) is 6.11. The van der Waals surface area contributed by atoms with Gasteiger partial charge in [0.2, 0.25) is 0 Å². The second kappa shape index (κ2) is 10.8. The molecule has 2 aliphatic heterocycles. The Hall–Kier alpha value is -3.30. The average molecular weight is 540 g/mol. The zero-order chi connectivity index (χ0) is 26.9. The molecule has 0 radical (unpaired) electrons. The van der Waals surface area contributed by atoms with E-state index >= 15 is 0 Å². The molecule has 1 N–H and O–H groups in total. The maximum Gasteiger partial charge on any atom is 0.416 e. The van der Waals surface area contributed by atoms with Gasteiger partial charge in [-0.25, -0.2) is 0 Å². The van der Waals surface area contributed by atoms with Crippen LogP contribution in [0.1, 0.15) is 51.6 Å². The molecular weight excluding hydrogens is 511 g/mol. The number of nitrogens with one attached hydrogen (secondary N) is 1. The molecule has 0 saturated carbocycles. The first kappa shape index (κ1) is 26.3. The van der Waals surface area contributed by atoms with Crippen LogP contribution in [0.3, 0.4) is 0 Å². The van der Waals surface area contributed by atoms with Gasteiger partial charge in [0.15, 0.2) is 0 Å². The van der Waals surface area contributed by atoms with Crippen LogP contribution in [-0.4, -0.2) is 42.4 Å². The average Bonchev–Trinajstić information content (AvgIpc) is 3.34. The van der Waals surface area contributed by atoms with Crippen LogP contribution in [0.2, 0.25) is 0 Å². The Bertz CT molecular complexity index is 1340. The standard InChI is InChI=1S/C29H28F3N3O2S/c1-2-34-15-5-6-22(34)17-33-27(36)20-11-14-26-24(16-20)35(28(37)23-7-3-4-8-25(23)38-26)18-19-9-12-21(13-10-19)29(30,31)32/h3-4,7-14,16,22H,2,5-6,15,17-18H2,1H3,(H,33,36)/t22-/m0/s1. The van der Waals surface area contributed by atoms with Crippen molar-refractivity contribution < 1.29 is 22.8 Å². The summed E-state index contributed by atoms with van der Waals surface area (Å²) in [7, 11) is 0. The highest BCUT2D eigenvalue weighted by Crippen LogP contribution is 2.42. The van der Waals surface area contributed by atoms with Crippen molar-refractivity contribution in [3.63, 3.8) is 0 Å². The SMILES string of the molecule is CCN1CCC[C@H]1CNC(=O)c1ccc2c(c1)N(Cc1ccc(C(F)(F)F)cc1)C(=O)c1ccccc1S2. The summed E-state index contributed by atoms with van der Waals surface area (Å²) in [5, 5.41) is 3.04. The zero-order valence-corrected chi connectivity index (χ0v) is 21.7. The molecule has 2 aliphatic rings. The van der Waals surface area contributed by atoms with Gasteiger partial charge in [-0.1, -0.05) is 43.0 Å². The molecule has 1 atom stereocenters. The lowest BCUT2D eigenvalue weighted by molar-refractivity contribution is -0.137. The quantitative estimate of drug-likeness (QED) is 0.404. The Morgan fingerprint density at radius 1 is 1.05 bits per heavy atom. The van der Waals surface area contributed by atoms with Gasteiger partial charge in [-0.05, 0) is 74.0 Å². The second-order valence-corrected chi connectivity index (χ2v) is 10.6. The summed E-state index contributed by atoms with van der Waals surface area (Å²) < 4.78 is 39.2. The molecular formula is C29H28F3N3O2S. The topological polar surface area (TPSA) is 52.7 Å². The van der Waals surface area contributed by atoms with E-state index in [2.05, 4.69) is 17.1 Å². The summed E-state index contributed by atoms with van der Waals surface area (Å²) in [6.45, 7) is 4.72. The molecule has 0 aliphatic carbocycles. The number of rotatable bonds is 6. The summed E-state index contributed by atoms with van der Waals surface area (Å²) in [6, 6.07) is 17.7. The number of hydrogen-bond acceptors (Lipinski definition) is 4. The van der Waals surface area contributed by atoms with Crippen molar-refractivity contribution in [3.8, 4) is 0 Å². The van der Waals surface area contributed by atoms with E-state index in [9.17, 15) is 22.8 Å². The number of amides is 2. The van der Waals surface area contributed by atoms with E-state index in [0.29, 0.717) is 35.0 Å². The number of likely N-dealkylation sites (tertiary alicyclic amines) is 1. The van der Waals surface area contributed by atoms with Crippen molar-refractivity contribution in [2.75, 3.05) is 24.5 Å². The number of benzene rings is 3.